The van der Waals surface area contributed by atoms with E-state index in [-0.39, 0.29) is 23.3 Å². The van der Waals surface area contributed by atoms with Crippen LogP contribution in [0.5, 0.6) is 0 Å². The molecule has 0 atom stereocenters. The largest absolute Gasteiger partial charge is 0.332 e. The van der Waals surface area contributed by atoms with Gasteiger partial charge in [0.15, 0.2) is 5.52 Å². The number of aromatic nitrogens is 4. The van der Waals surface area contributed by atoms with E-state index in [9.17, 15) is 14.4 Å². The first-order valence-corrected chi connectivity index (χ1v) is 10.2. The van der Waals surface area contributed by atoms with Gasteiger partial charge in [0, 0.05) is 20.5 Å². The van der Waals surface area contributed by atoms with E-state index in [1.54, 1.807) is 0 Å². The van der Waals surface area contributed by atoms with E-state index in [0.29, 0.717) is 5.71 Å². The first kappa shape index (κ1) is 21.2. The van der Waals surface area contributed by atoms with Crippen LogP contribution in [0.15, 0.2) is 67.9 Å². The summed E-state index contributed by atoms with van der Waals surface area (Å²) in [6, 6.07) is 15.5. The highest BCUT2D eigenvalue weighted by Crippen LogP contribution is 2.24. The summed E-state index contributed by atoms with van der Waals surface area (Å²) in [5, 5.41) is 0. The maximum atomic E-state index is 12.8. The van der Waals surface area contributed by atoms with Crippen LogP contribution in [0.25, 0.3) is 11.2 Å². The van der Waals surface area contributed by atoms with Gasteiger partial charge in [0.2, 0.25) is 0 Å². The van der Waals surface area contributed by atoms with E-state index in [4.69, 9.17) is 4.99 Å². The van der Waals surface area contributed by atoms with Gasteiger partial charge in [-0.15, -0.1) is 0 Å². The van der Waals surface area contributed by atoms with Gasteiger partial charge in [-0.1, -0.05) is 48.5 Å². The molecule has 2 heterocycles. The van der Waals surface area contributed by atoms with E-state index in [2.05, 4.69) is 9.97 Å². The number of aliphatic imine (C=N–C) groups is 1. The number of rotatable bonds is 4. The molecule has 1 N–H and O–H groups in total. The number of fused-ring (bicyclic) bond motifs is 1. The molecule has 0 bridgehead atoms. The Morgan fingerprint density at radius 1 is 0.938 bits per heavy atom. The van der Waals surface area contributed by atoms with Gasteiger partial charge in [-0.2, -0.15) is 0 Å². The Morgan fingerprint density at radius 3 is 2.25 bits per heavy atom. The molecule has 0 saturated heterocycles. The normalized spacial score (nSPS) is 11.8. The van der Waals surface area contributed by atoms with Crippen molar-refractivity contribution in [2.75, 3.05) is 0 Å². The van der Waals surface area contributed by atoms with Crippen molar-refractivity contribution in [1.29, 1.82) is 0 Å². The molecule has 0 aliphatic carbocycles. The highest BCUT2D eigenvalue weighted by Gasteiger charge is 2.16. The van der Waals surface area contributed by atoms with E-state index < -0.39 is 16.8 Å². The molecule has 0 aliphatic heterocycles. The average molecular weight is 429 g/mol. The first-order chi connectivity index (χ1) is 15.3. The third-order valence-electron chi connectivity index (χ3n) is 5.51. The second-order valence-electron chi connectivity index (χ2n) is 7.76. The SMILES string of the molecule is Cc1cccc(C)c1N=C(Cc1nc2c(=O)n(C)c(=O)n(C)c2[nH]c1=O)c1ccccc1. The zero-order valence-electron chi connectivity index (χ0n) is 18.3. The predicted molar refractivity (Wildman–Crippen MR) is 125 cm³/mol. The van der Waals surface area contributed by atoms with Crippen molar-refractivity contribution in [3.8, 4) is 0 Å². The van der Waals surface area contributed by atoms with Crippen LogP contribution in [-0.2, 0) is 20.5 Å². The molecule has 4 rings (SSSR count). The van der Waals surface area contributed by atoms with Gasteiger partial charge >= 0.3 is 5.69 Å². The van der Waals surface area contributed by atoms with Crippen LogP contribution >= 0.6 is 0 Å². The molecular formula is C24H23N5O3. The van der Waals surface area contributed by atoms with Crippen LogP contribution in [-0.4, -0.2) is 24.8 Å². The van der Waals surface area contributed by atoms with E-state index in [1.807, 2.05) is 62.4 Å². The lowest BCUT2D eigenvalue weighted by atomic mass is 10.0. The highest BCUT2D eigenvalue weighted by atomic mass is 16.2. The van der Waals surface area contributed by atoms with Gasteiger partial charge in [0.1, 0.15) is 11.3 Å². The molecule has 0 aliphatic rings. The molecule has 162 valence electrons. The number of hydrogen-bond donors (Lipinski definition) is 1. The molecule has 0 spiro atoms. The minimum atomic E-state index is -0.562. The summed E-state index contributed by atoms with van der Waals surface area (Å²) in [4.78, 5) is 49.6. The molecule has 32 heavy (non-hydrogen) atoms. The van der Waals surface area contributed by atoms with Gasteiger partial charge in [-0.3, -0.25) is 23.7 Å². The van der Waals surface area contributed by atoms with Crippen LogP contribution in [0.1, 0.15) is 22.4 Å². The fourth-order valence-electron chi connectivity index (χ4n) is 3.67. The Bertz CT molecular complexity index is 1520. The molecule has 2 aromatic carbocycles. The van der Waals surface area contributed by atoms with Crippen LogP contribution in [0.3, 0.4) is 0 Å². The Labute approximate surface area is 183 Å². The fraction of sp³-hybridized carbons (Fsp3) is 0.208. The van der Waals surface area contributed by atoms with Crippen molar-refractivity contribution in [2.24, 2.45) is 19.1 Å². The second-order valence-corrected chi connectivity index (χ2v) is 7.76. The summed E-state index contributed by atoms with van der Waals surface area (Å²) < 4.78 is 2.18. The van der Waals surface area contributed by atoms with Gasteiger partial charge < -0.3 is 4.98 Å². The van der Waals surface area contributed by atoms with Crippen molar-refractivity contribution in [2.45, 2.75) is 20.3 Å². The van der Waals surface area contributed by atoms with Crippen molar-refractivity contribution in [3.63, 3.8) is 0 Å². The number of hydrogen-bond acceptors (Lipinski definition) is 5. The van der Waals surface area contributed by atoms with E-state index >= 15 is 0 Å². The van der Waals surface area contributed by atoms with Crippen molar-refractivity contribution in [3.05, 3.63) is 102 Å². The van der Waals surface area contributed by atoms with E-state index in [0.717, 1.165) is 26.9 Å². The van der Waals surface area contributed by atoms with Crippen molar-refractivity contribution >= 4 is 22.6 Å². The number of H-pyrrole nitrogens is 1. The summed E-state index contributed by atoms with van der Waals surface area (Å²) in [5.41, 5.74) is 3.10. The highest BCUT2D eigenvalue weighted by molar-refractivity contribution is 6.03. The molecule has 0 unspecified atom stereocenters. The number of aryl methyl sites for hydroxylation is 3. The smallest absolute Gasteiger partial charge is 0.305 e. The van der Waals surface area contributed by atoms with E-state index in [1.165, 1.54) is 18.7 Å². The zero-order valence-corrected chi connectivity index (χ0v) is 18.3. The summed E-state index contributed by atoms with van der Waals surface area (Å²) in [6.07, 6.45) is 0.120. The first-order valence-electron chi connectivity index (χ1n) is 10.2. The monoisotopic (exact) mass is 429 g/mol. The Morgan fingerprint density at radius 2 is 1.59 bits per heavy atom. The average Bonchev–Trinajstić information content (AvgIpc) is 2.79. The van der Waals surface area contributed by atoms with Crippen molar-refractivity contribution < 1.29 is 0 Å². The number of benzene rings is 2. The third kappa shape index (κ3) is 3.71. The topological polar surface area (TPSA) is 102 Å². The number of nitrogens with one attached hydrogen (secondary N) is 1. The van der Waals surface area contributed by atoms with Gasteiger partial charge in [-0.05, 0) is 30.5 Å². The molecule has 0 radical (unpaired) electrons. The third-order valence-corrected chi connectivity index (χ3v) is 5.51. The molecule has 0 saturated carbocycles. The fourth-order valence-corrected chi connectivity index (χ4v) is 3.67. The van der Waals surface area contributed by atoms with Crippen LogP contribution in [0, 0.1) is 13.8 Å². The van der Waals surface area contributed by atoms with Gasteiger partial charge in [0.25, 0.3) is 11.1 Å². The van der Waals surface area contributed by atoms with Crippen LogP contribution < -0.4 is 16.8 Å². The summed E-state index contributed by atoms with van der Waals surface area (Å²) >= 11 is 0. The van der Waals surface area contributed by atoms with Crippen LogP contribution in [0.4, 0.5) is 5.69 Å². The number of nitrogens with zero attached hydrogens (tertiary/aromatic N) is 4. The molecule has 0 amide bonds. The van der Waals surface area contributed by atoms with Crippen molar-refractivity contribution in [1.82, 2.24) is 19.1 Å². The Hall–Kier alpha value is -4.07. The van der Waals surface area contributed by atoms with Crippen LogP contribution in [0.2, 0.25) is 0 Å². The minimum Gasteiger partial charge on any atom is -0.305 e. The lowest BCUT2D eigenvalue weighted by molar-refractivity contribution is 0.702. The molecule has 4 aromatic rings. The summed E-state index contributed by atoms with van der Waals surface area (Å²) in [5.74, 6) is 0. The Balaban J connectivity index is 1.93. The maximum absolute atomic E-state index is 12.8. The minimum absolute atomic E-state index is 0.0312. The molecular weight excluding hydrogens is 406 g/mol. The maximum Gasteiger partial charge on any atom is 0.332 e. The molecule has 2 aromatic heterocycles. The molecule has 8 heteroatoms. The van der Waals surface area contributed by atoms with Gasteiger partial charge in [0.05, 0.1) is 11.4 Å². The lowest BCUT2D eigenvalue weighted by Crippen LogP contribution is -2.39. The lowest BCUT2D eigenvalue weighted by Gasteiger charge is -2.11. The molecule has 0 fully saturated rings. The summed E-state index contributed by atoms with van der Waals surface area (Å²) in [6.45, 7) is 3.97. The second kappa shape index (κ2) is 8.22. The predicted octanol–water partition coefficient (Wildman–Crippen LogP) is 2.30. The summed E-state index contributed by atoms with van der Waals surface area (Å²) in [7, 11) is 2.87. The number of aromatic amines is 1. The standard InChI is InChI=1S/C24H23N5O3/c1-14-9-8-10-15(2)19(14)25-17(16-11-6-5-7-12-16)13-18-22(30)27-21-20(26-18)23(31)29(4)24(32)28(21)3/h5-12H,13H2,1-4H3,(H,27,30). The number of para-hydroxylation sites is 1. The molecule has 8 nitrogen and oxygen atoms in total. The quantitative estimate of drug-likeness (QED) is 0.503. The Kier molecular flexibility index (Phi) is 5.44. The zero-order chi connectivity index (χ0) is 23.0. The van der Waals surface area contributed by atoms with Gasteiger partial charge in [-0.25, -0.2) is 9.78 Å².